The Labute approximate surface area is 188 Å². The minimum atomic E-state index is -0.254. The second kappa shape index (κ2) is 8.91. The zero-order valence-electron chi connectivity index (χ0n) is 16.9. The summed E-state index contributed by atoms with van der Waals surface area (Å²) in [6, 6.07) is 16.4. The van der Waals surface area contributed by atoms with Crippen LogP contribution >= 0.6 is 23.4 Å². The zero-order valence-corrected chi connectivity index (χ0v) is 18.5. The van der Waals surface area contributed by atoms with E-state index >= 15 is 0 Å². The van der Waals surface area contributed by atoms with Crippen LogP contribution in [0.5, 0.6) is 0 Å². The van der Waals surface area contributed by atoms with Crippen LogP contribution in [0.1, 0.15) is 11.1 Å². The number of benzene rings is 2. The molecule has 4 rings (SSSR count). The lowest BCUT2D eigenvalue weighted by Gasteiger charge is -2.17. The number of halogens is 1. The van der Waals surface area contributed by atoms with E-state index in [4.69, 9.17) is 16.6 Å². The highest BCUT2D eigenvalue weighted by Gasteiger charge is 2.17. The standard InChI is InChI=1S/C23H19ClN4O2S/c1-14-6-5-7-15(2)21(14)28-22(30)17-8-3-4-9-18(17)26-23(28)31-13-20(29)27-19-11-10-16(24)12-25-19/h3-12H,13H2,1-2H3,(H,25,27,29). The highest BCUT2D eigenvalue weighted by molar-refractivity contribution is 7.99. The fourth-order valence-electron chi connectivity index (χ4n) is 3.32. The summed E-state index contributed by atoms with van der Waals surface area (Å²) in [6.07, 6.45) is 1.47. The fraction of sp³-hybridized carbons (Fsp3) is 0.130. The Hall–Kier alpha value is -3.16. The summed E-state index contributed by atoms with van der Waals surface area (Å²) in [5.74, 6) is 0.226. The van der Waals surface area contributed by atoms with Gasteiger partial charge in [0, 0.05) is 6.20 Å². The number of rotatable bonds is 5. The number of para-hydroxylation sites is 2. The Balaban J connectivity index is 1.72. The van der Waals surface area contributed by atoms with Gasteiger partial charge in [0.2, 0.25) is 5.91 Å². The van der Waals surface area contributed by atoms with E-state index in [0.717, 1.165) is 16.8 Å². The summed E-state index contributed by atoms with van der Waals surface area (Å²) in [7, 11) is 0. The molecule has 0 saturated heterocycles. The topological polar surface area (TPSA) is 76.9 Å². The predicted molar refractivity (Wildman–Crippen MR) is 125 cm³/mol. The molecule has 0 aliphatic carbocycles. The van der Waals surface area contributed by atoms with Crippen molar-refractivity contribution in [3.05, 3.63) is 87.3 Å². The molecule has 0 bridgehead atoms. The number of carbonyl (C=O) groups excluding carboxylic acids is 1. The van der Waals surface area contributed by atoms with Crippen molar-refractivity contribution in [2.45, 2.75) is 19.0 Å². The van der Waals surface area contributed by atoms with E-state index < -0.39 is 0 Å². The van der Waals surface area contributed by atoms with E-state index in [9.17, 15) is 9.59 Å². The van der Waals surface area contributed by atoms with Crippen molar-refractivity contribution in [3.63, 3.8) is 0 Å². The van der Waals surface area contributed by atoms with Gasteiger partial charge in [-0.05, 0) is 49.2 Å². The molecule has 0 atom stereocenters. The number of hydrogen-bond acceptors (Lipinski definition) is 5. The van der Waals surface area contributed by atoms with E-state index in [1.54, 1.807) is 28.8 Å². The number of pyridine rings is 1. The van der Waals surface area contributed by atoms with Crippen LogP contribution < -0.4 is 10.9 Å². The maximum absolute atomic E-state index is 13.4. The van der Waals surface area contributed by atoms with E-state index in [1.807, 2.05) is 44.2 Å². The normalized spacial score (nSPS) is 10.9. The molecule has 0 aliphatic rings. The number of nitrogens with one attached hydrogen (secondary N) is 1. The second-order valence-corrected chi connectivity index (χ2v) is 8.37. The van der Waals surface area contributed by atoms with Crippen molar-refractivity contribution in [2.75, 3.05) is 11.1 Å². The fourth-order valence-corrected chi connectivity index (χ4v) is 4.23. The average molecular weight is 451 g/mol. The molecule has 2 aromatic heterocycles. The molecule has 0 unspecified atom stereocenters. The smallest absolute Gasteiger partial charge is 0.266 e. The molecule has 1 N–H and O–H groups in total. The van der Waals surface area contributed by atoms with Gasteiger partial charge in [0.25, 0.3) is 5.56 Å². The number of anilines is 1. The molecule has 0 fully saturated rings. The van der Waals surface area contributed by atoms with Crippen molar-refractivity contribution in [2.24, 2.45) is 0 Å². The van der Waals surface area contributed by atoms with Crippen LogP contribution in [-0.2, 0) is 4.79 Å². The summed E-state index contributed by atoms with van der Waals surface area (Å²) in [5.41, 5.74) is 3.13. The van der Waals surface area contributed by atoms with Crippen LogP contribution in [0.15, 0.2) is 70.7 Å². The third-order valence-corrected chi connectivity index (χ3v) is 5.90. The molecule has 2 heterocycles. The molecule has 0 saturated carbocycles. The van der Waals surface area contributed by atoms with E-state index in [1.165, 1.54) is 18.0 Å². The minimum absolute atomic E-state index is 0.0695. The van der Waals surface area contributed by atoms with E-state index in [2.05, 4.69) is 10.3 Å². The van der Waals surface area contributed by atoms with Gasteiger partial charge < -0.3 is 5.32 Å². The van der Waals surface area contributed by atoms with Gasteiger partial charge in [0.05, 0.1) is 27.4 Å². The summed E-state index contributed by atoms with van der Waals surface area (Å²) in [4.78, 5) is 34.7. The van der Waals surface area contributed by atoms with Gasteiger partial charge in [-0.2, -0.15) is 0 Å². The van der Waals surface area contributed by atoms with Gasteiger partial charge in [-0.15, -0.1) is 0 Å². The lowest BCUT2D eigenvalue weighted by atomic mass is 10.1. The largest absolute Gasteiger partial charge is 0.310 e. The number of carbonyl (C=O) groups is 1. The molecule has 1 amide bonds. The van der Waals surface area contributed by atoms with Gasteiger partial charge in [0.15, 0.2) is 5.16 Å². The van der Waals surface area contributed by atoms with Crippen molar-refractivity contribution in [3.8, 4) is 5.69 Å². The van der Waals surface area contributed by atoms with Crippen molar-refractivity contribution in [1.29, 1.82) is 0 Å². The monoisotopic (exact) mass is 450 g/mol. The van der Waals surface area contributed by atoms with Gasteiger partial charge in [-0.1, -0.05) is 53.7 Å². The Kier molecular flexibility index (Phi) is 6.06. The van der Waals surface area contributed by atoms with Crippen LogP contribution in [0.2, 0.25) is 5.02 Å². The van der Waals surface area contributed by atoms with Crippen molar-refractivity contribution < 1.29 is 4.79 Å². The van der Waals surface area contributed by atoms with Crippen LogP contribution in [0.3, 0.4) is 0 Å². The summed E-state index contributed by atoms with van der Waals surface area (Å²) >= 11 is 7.04. The van der Waals surface area contributed by atoms with Crippen LogP contribution in [0.25, 0.3) is 16.6 Å². The Morgan fingerprint density at radius 3 is 2.52 bits per heavy atom. The lowest BCUT2D eigenvalue weighted by Crippen LogP contribution is -2.24. The first-order chi connectivity index (χ1) is 14.9. The number of thioether (sulfide) groups is 1. The first-order valence-electron chi connectivity index (χ1n) is 9.56. The second-order valence-electron chi connectivity index (χ2n) is 6.99. The number of aromatic nitrogens is 3. The zero-order chi connectivity index (χ0) is 22.0. The Morgan fingerprint density at radius 1 is 1.06 bits per heavy atom. The molecule has 2 aromatic carbocycles. The molecule has 8 heteroatoms. The summed E-state index contributed by atoms with van der Waals surface area (Å²) in [5, 5.41) is 4.21. The molecule has 4 aromatic rings. The number of amides is 1. The highest BCUT2D eigenvalue weighted by atomic mass is 35.5. The van der Waals surface area contributed by atoms with Crippen LogP contribution in [0, 0.1) is 13.8 Å². The molecule has 6 nitrogen and oxygen atoms in total. The van der Waals surface area contributed by atoms with Crippen molar-refractivity contribution >= 4 is 46.0 Å². The summed E-state index contributed by atoms with van der Waals surface area (Å²) < 4.78 is 1.60. The van der Waals surface area contributed by atoms with Gasteiger partial charge in [0.1, 0.15) is 5.82 Å². The third kappa shape index (κ3) is 4.47. The number of fused-ring (bicyclic) bond motifs is 1. The molecule has 0 aliphatic heterocycles. The quantitative estimate of drug-likeness (QED) is 0.349. The molecule has 31 heavy (non-hydrogen) atoms. The molecular formula is C23H19ClN4O2S. The molecular weight excluding hydrogens is 432 g/mol. The lowest BCUT2D eigenvalue weighted by molar-refractivity contribution is -0.113. The Morgan fingerprint density at radius 2 is 1.81 bits per heavy atom. The number of hydrogen-bond donors (Lipinski definition) is 1. The van der Waals surface area contributed by atoms with Gasteiger partial charge in [-0.3, -0.25) is 14.2 Å². The third-order valence-electron chi connectivity index (χ3n) is 4.74. The van der Waals surface area contributed by atoms with E-state index in [0.29, 0.717) is 26.9 Å². The molecule has 0 radical (unpaired) electrons. The first kappa shape index (κ1) is 21.1. The van der Waals surface area contributed by atoms with Crippen molar-refractivity contribution in [1.82, 2.24) is 14.5 Å². The highest BCUT2D eigenvalue weighted by Crippen LogP contribution is 2.25. The molecule has 156 valence electrons. The van der Waals surface area contributed by atoms with Gasteiger partial charge >= 0.3 is 0 Å². The van der Waals surface area contributed by atoms with Crippen LogP contribution in [0.4, 0.5) is 5.82 Å². The maximum Gasteiger partial charge on any atom is 0.266 e. The van der Waals surface area contributed by atoms with Crippen LogP contribution in [-0.4, -0.2) is 26.2 Å². The summed E-state index contributed by atoms with van der Waals surface area (Å²) in [6.45, 7) is 3.91. The van der Waals surface area contributed by atoms with E-state index in [-0.39, 0.29) is 17.2 Å². The minimum Gasteiger partial charge on any atom is -0.310 e. The molecule has 0 spiro atoms. The predicted octanol–water partition coefficient (Wildman–Crippen LogP) is 4.78. The first-order valence-corrected chi connectivity index (χ1v) is 10.9. The Bertz CT molecular complexity index is 1320. The number of nitrogens with zero attached hydrogens (tertiary/aromatic N) is 3. The van der Waals surface area contributed by atoms with Gasteiger partial charge in [-0.25, -0.2) is 9.97 Å². The number of aryl methyl sites for hydroxylation is 2. The average Bonchev–Trinajstić information content (AvgIpc) is 2.75. The SMILES string of the molecule is Cc1cccc(C)c1-n1c(SCC(=O)Nc2ccc(Cl)cn2)nc2ccccc2c1=O. The maximum atomic E-state index is 13.4.